The Bertz CT molecular complexity index is 1120. The lowest BCUT2D eigenvalue weighted by atomic mass is 9.94. The number of ether oxygens (including phenoxy) is 1. The van der Waals surface area contributed by atoms with E-state index in [-0.39, 0.29) is 23.4 Å². The van der Waals surface area contributed by atoms with Gasteiger partial charge >= 0.3 is 5.97 Å². The Morgan fingerprint density at radius 1 is 1.12 bits per heavy atom. The zero-order valence-electron chi connectivity index (χ0n) is 19.2. The summed E-state index contributed by atoms with van der Waals surface area (Å²) in [5.74, 6) is -2.77. The lowest BCUT2D eigenvalue weighted by molar-refractivity contribution is -0.140. The Balaban J connectivity index is 2.14. The molecule has 0 saturated carbocycles. The summed E-state index contributed by atoms with van der Waals surface area (Å²) in [6.45, 7) is 6.39. The molecule has 2 aromatic carbocycles. The number of rotatable bonds is 8. The van der Waals surface area contributed by atoms with E-state index in [1.54, 1.807) is 30.3 Å². The summed E-state index contributed by atoms with van der Waals surface area (Å²) in [5, 5.41) is 21.5. The number of phenols is 1. The van der Waals surface area contributed by atoms with Gasteiger partial charge in [-0.2, -0.15) is 0 Å². The van der Waals surface area contributed by atoms with Crippen molar-refractivity contribution in [3.63, 3.8) is 0 Å². The van der Waals surface area contributed by atoms with Crippen molar-refractivity contribution < 1.29 is 29.3 Å². The van der Waals surface area contributed by atoms with Crippen molar-refractivity contribution in [2.45, 2.75) is 19.9 Å². The molecule has 0 radical (unpaired) electrons. The maximum absolute atomic E-state index is 13.1. The van der Waals surface area contributed by atoms with Gasteiger partial charge in [-0.15, -0.1) is 0 Å². The van der Waals surface area contributed by atoms with Crippen molar-refractivity contribution in [2.24, 2.45) is 0 Å². The molecule has 2 N–H and O–H groups in total. The molecular weight excluding hydrogens is 504 g/mol. The number of ketones is 1. The first kappa shape index (κ1) is 25.5. The highest BCUT2D eigenvalue weighted by atomic mass is 79.9. The molecule has 1 amide bonds. The number of carbonyl (C=O) groups excluding carboxylic acids is 3. The molecule has 0 spiro atoms. The SMILES string of the molecule is CCN(CC)CCN1C(=O)C(=O)C(=C(O)c2cc(Br)ccc2O)[C@@H]1c1ccc(C(=O)OC)cc1. The molecule has 34 heavy (non-hydrogen) atoms. The minimum atomic E-state index is -0.888. The minimum absolute atomic E-state index is 0.0345. The second kappa shape index (κ2) is 10.8. The Morgan fingerprint density at radius 3 is 2.35 bits per heavy atom. The fraction of sp³-hybridized carbons (Fsp3) is 0.320. The second-order valence-corrected chi connectivity index (χ2v) is 8.71. The number of benzene rings is 2. The molecule has 8 nitrogen and oxygen atoms in total. The fourth-order valence-corrected chi connectivity index (χ4v) is 4.37. The van der Waals surface area contributed by atoms with Crippen LogP contribution >= 0.6 is 15.9 Å². The monoisotopic (exact) mass is 530 g/mol. The van der Waals surface area contributed by atoms with Crippen LogP contribution in [0.3, 0.4) is 0 Å². The van der Waals surface area contributed by atoms with E-state index < -0.39 is 29.5 Å². The highest BCUT2D eigenvalue weighted by Crippen LogP contribution is 2.41. The number of likely N-dealkylation sites (N-methyl/N-ethyl adjacent to an activating group) is 1. The summed E-state index contributed by atoms with van der Waals surface area (Å²) >= 11 is 3.30. The molecule has 2 aromatic rings. The van der Waals surface area contributed by atoms with E-state index in [0.717, 1.165) is 13.1 Å². The average molecular weight is 531 g/mol. The molecule has 0 unspecified atom stereocenters. The Morgan fingerprint density at radius 2 is 1.76 bits per heavy atom. The first-order valence-corrected chi connectivity index (χ1v) is 11.7. The number of aliphatic hydroxyl groups is 1. The molecule has 9 heteroatoms. The topological polar surface area (TPSA) is 107 Å². The van der Waals surface area contributed by atoms with Crippen molar-refractivity contribution in [3.8, 4) is 5.75 Å². The third-order valence-corrected chi connectivity index (χ3v) is 6.45. The van der Waals surface area contributed by atoms with Gasteiger partial charge in [0.05, 0.1) is 29.9 Å². The Kier molecular flexibility index (Phi) is 8.11. The van der Waals surface area contributed by atoms with Crippen LogP contribution in [0.2, 0.25) is 0 Å². The van der Waals surface area contributed by atoms with Crippen LogP contribution in [0.25, 0.3) is 5.76 Å². The van der Waals surface area contributed by atoms with Gasteiger partial charge in [-0.1, -0.05) is 41.9 Å². The number of halogens is 1. The standard InChI is InChI=1S/C25H27BrN2O6/c1-4-27(5-2)12-13-28-21(15-6-8-16(9-7-15)25(33)34-3)20(23(31)24(28)32)22(30)18-14-17(26)10-11-19(18)29/h6-11,14,21,29-30H,4-5,12-13H2,1-3H3/t21-/m0/s1. The Hall–Kier alpha value is -3.17. The van der Waals surface area contributed by atoms with E-state index in [4.69, 9.17) is 4.74 Å². The van der Waals surface area contributed by atoms with Gasteiger partial charge in [0.1, 0.15) is 11.5 Å². The number of hydrogen-bond acceptors (Lipinski definition) is 7. The summed E-state index contributed by atoms with van der Waals surface area (Å²) in [5.41, 5.74) is 0.773. The molecule has 1 fully saturated rings. The summed E-state index contributed by atoms with van der Waals surface area (Å²) in [4.78, 5) is 41.6. The van der Waals surface area contributed by atoms with Gasteiger partial charge in [0.15, 0.2) is 0 Å². The molecule has 1 aliphatic rings. The number of hydrogen-bond donors (Lipinski definition) is 2. The number of amides is 1. The van der Waals surface area contributed by atoms with Crippen LogP contribution < -0.4 is 0 Å². The molecule has 0 bridgehead atoms. The molecule has 1 atom stereocenters. The molecular formula is C25H27BrN2O6. The van der Waals surface area contributed by atoms with Gasteiger partial charge in [0.2, 0.25) is 0 Å². The van der Waals surface area contributed by atoms with Gasteiger partial charge in [-0.25, -0.2) is 4.79 Å². The van der Waals surface area contributed by atoms with Gasteiger partial charge < -0.3 is 24.7 Å². The van der Waals surface area contributed by atoms with E-state index in [0.29, 0.717) is 22.1 Å². The Labute approximate surface area is 206 Å². The maximum atomic E-state index is 13.1. The van der Waals surface area contributed by atoms with Crippen molar-refractivity contribution >= 4 is 39.3 Å². The number of nitrogens with zero attached hydrogens (tertiary/aromatic N) is 2. The number of methoxy groups -OCH3 is 1. The lowest BCUT2D eigenvalue weighted by Crippen LogP contribution is -2.38. The summed E-state index contributed by atoms with van der Waals surface area (Å²) in [7, 11) is 1.28. The van der Waals surface area contributed by atoms with Crippen molar-refractivity contribution in [3.05, 3.63) is 69.2 Å². The molecule has 1 aliphatic heterocycles. The van der Waals surface area contributed by atoms with E-state index in [2.05, 4.69) is 20.8 Å². The predicted molar refractivity (Wildman–Crippen MR) is 130 cm³/mol. The predicted octanol–water partition coefficient (Wildman–Crippen LogP) is 3.70. The zero-order valence-corrected chi connectivity index (χ0v) is 20.8. The normalized spacial score (nSPS) is 17.4. The summed E-state index contributed by atoms with van der Waals surface area (Å²) in [6.07, 6.45) is 0. The molecule has 0 aliphatic carbocycles. The van der Waals surface area contributed by atoms with Crippen LogP contribution in [0.15, 0.2) is 52.5 Å². The quantitative estimate of drug-likeness (QED) is 0.232. The summed E-state index contributed by atoms with van der Waals surface area (Å²) in [6, 6.07) is 9.91. The number of phenolic OH excluding ortho intramolecular Hbond substituents is 1. The van der Waals surface area contributed by atoms with Crippen LogP contribution in [0, 0.1) is 0 Å². The first-order chi connectivity index (χ1) is 16.2. The molecule has 180 valence electrons. The van der Waals surface area contributed by atoms with Crippen LogP contribution in [0.1, 0.15) is 41.4 Å². The largest absolute Gasteiger partial charge is 0.507 e. The summed E-state index contributed by atoms with van der Waals surface area (Å²) < 4.78 is 5.33. The third-order valence-electron chi connectivity index (χ3n) is 5.95. The van der Waals surface area contributed by atoms with Crippen LogP contribution in [0.5, 0.6) is 5.75 Å². The van der Waals surface area contributed by atoms with E-state index in [1.807, 2.05) is 13.8 Å². The van der Waals surface area contributed by atoms with Crippen molar-refractivity contribution in [2.75, 3.05) is 33.3 Å². The number of Topliss-reactive ketones (excluding diaryl/α,β-unsaturated/α-hetero) is 1. The maximum Gasteiger partial charge on any atom is 0.337 e. The van der Waals surface area contributed by atoms with Gasteiger partial charge in [0, 0.05) is 17.6 Å². The fourth-order valence-electron chi connectivity index (χ4n) is 4.01. The van der Waals surface area contributed by atoms with Gasteiger partial charge in [0.25, 0.3) is 11.7 Å². The van der Waals surface area contributed by atoms with E-state index in [9.17, 15) is 24.6 Å². The number of aromatic hydroxyl groups is 1. The van der Waals surface area contributed by atoms with E-state index in [1.165, 1.54) is 24.1 Å². The van der Waals surface area contributed by atoms with Gasteiger partial charge in [-0.3, -0.25) is 9.59 Å². The van der Waals surface area contributed by atoms with Crippen molar-refractivity contribution in [1.82, 2.24) is 9.80 Å². The number of likely N-dealkylation sites (tertiary alicyclic amines) is 1. The molecule has 1 heterocycles. The number of carbonyl (C=O) groups is 3. The van der Waals surface area contributed by atoms with Crippen LogP contribution in [-0.4, -0.2) is 71.0 Å². The van der Waals surface area contributed by atoms with Crippen LogP contribution in [0.4, 0.5) is 0 Å². The second-order valence-electron chi connectivity index (χ2n) is 7.79. The lowest BCUT2D eigenvalue weighted by Gasteiger charge is -2.28. The first-order valence-electron chi connectivity index (χ1n) is 10.9. The highest BCUT2D eigenvalue weighted by molar-refractivity contribution is 9.10. The van der Waals surface area contributed by atoms with E-state index >= 15 is 0 Å². The highest BCUT2D eigenvalue weighted by Gasteiger charge is 2.46. The minimum Gasteiger partial charge on any atom is -0.507 e. The zero-order chi connectivity index (χ0) is 25.0. The number of esters is 1. The number of aliphatic hydroxyl groups excluding tert-OH is 1. The van der Waals surface area contributed by atoms with Gasteiger partial charge in [-0.05, 0) is 49.0 Å². The third kappa shape index (κ3) is 5.00. The van der Waals surface area contributed by atoms with Crippen molar-refractivity contribution in [1.29, 1.82) is 0 Å². The average Bonchev–Trinajstić information content (AvgIpc) is 3.10. The smallest absolute Gasteiger partial charge is 0.337 e. The molecule has 0 aromatic heterocycles. The molecule has 1 saturated heterocycles. The molecule has 3 rings (SSSR count). The van der Waals surface area contributed by atoms with Crippen LogP contribution in [-0.2, 0) is 14.3 Å².